The van der Waals surface area contributed by atoms with Crippen LogP contribution in [0.1, 0.15) is 51.2 Å². The maximum absolute atomic E-state index is 12.5. The summed E-state index contributed by atoms with van der Waals surface area (Å²) in [5.74, 6) is 0. The summed E-state index contributed by atoms with van der Waals surface area (Å²) in [7, 11) is 0. The average Bonchev–Trinajstić information content (AvgIpc) is 3.17. The van der Waals surface area contributed by atoms with Crippen LogP contribution in [0.3, 0.4) is 0 Å². The van der Waals surface area contributed by atoms with Gasteiger partial charge in [0.05, 0.1) is 16.9 Å². The maximum atomic E-state index is 12.5. The number of hydrogen-bond acceptors (Lipinski definition) is 3. The summed E-state index contributed by atoms with van der Waals surface area (Å²) in [6.07, 6.45) is 4.62. The molecule has 34 heavy (non-hydrogen) atoms. The number of imidazole rings is 1. The van der Waals surface area contributed by atoms with Crippen molar-refractivity contribution in [3.63, 3.8) is 0 Å². The first kappa shape index (κ1) is 22.2. The molecule has 1 fully saturated rings. The number of hydrogen-bond donors (Lipinski definition) is 1. The van der Waals surface area contributed by atoms with E-state index in [0.717, 1.165) is 58.6 Å². The number of nitrogens with zero attached hydrogens (tertiary/aromatic N) is 2. The summed E-state index contributed by atoms with van der Waals surface area (Å²) >= 11 is 0. The molecule has 0 atom stereocenters. The predicted octanol–water partition coefficient (Wildman–Crippen LogP) is 6.88. The highest BCUT2D eigenvalue weighted by Gasteiger charge is 2.41. The fraction of sp³-hybridized carbons (Fsp3) is 0.310. The van der Waals surface area contributed by atoms with E-state index in [-0.39, 0.29) is 11.6 Å². The second kappa shape index (κ2) is 8.32. The smallest absolute Gasteiger partial charge is 0.408 e. The first-order valence-corrected chi connectivity index (χ1v) is 11.9. The Kier molecular flexibility index (Phi) is 5.43. The van der Waals surface area contributed by atoms with Crippen molar-refractivity contribution in [2.45, 2.75) is 58.1 Å². The van der Waals surface area contributed by atoms with E-state index in [0.29, 0.717) is 0 Å². The summed E-state index contributed by atoms with van der Waals surface area (Å²) in [4.78, 5) is 17.6. The number of amides is 1. The van der Waals surface area contributed by atoms with Crippen molar-refractivity contribution in [2.24, 2.45) is 0 Å². The second-order valence-electron chi connectivity index (χ2n) is 10.2. The molecule has 0 spiro atoms. The number of carbonyl (C=O) groups excluding carboxylic acids is 1. The van der Waals surface area contributed by atoms with Gasteiger partial charge in [0, 0.05) is 17.3 Å². The lowest BCUT2D eigenvalue weighted by Crippen LogP contribution is -2.52. The van der Waals surface area contributed by atoms with Gasteiger partial charge in [0.1, 0.15) is 11.2 Å². The summed E-state index contributed by atoms with van der Waals surface area (Å²) in [6, 6.07) is 23.0. The van der Waals surface area contributed by atoms with E-state index in [9.17, 15) is 4.79 Å². The Balaban J connectivity index is 1.52. The highest BCUT2D eigenvalue weighted by molar-refractivity contribution is 5.82. The molecular formula is C29H31N3O2. The first-order chi connectivity index (χ1) is 16.3. The minimum atomic E-state index is -0.520. The summed E-state index contributed by atoms with van der Waals surface area (Å²) < 4.78 is 7.70. The van der Waals surface area contributed by atoms with Gasteiger partial charge in [-0.1, -0.05) is 60.7 Å². The Labute approximate surface area is 200 Å². The molecule has 2 aromatic heterocycles. The zero-order valence-corrected chi connectivity index (χ0v) is 20.3. The Bertz CT molecular complexity index is 1330. The van der Waals surface area contributed by atoms with Gasteiger partial charge in [-0.25, -0.2) is 9.78 Å². The molecule has 5 heteroatoms. The van der Waals surface area contributed by atoms with Crippen molar-refractivity contribution in [1.29, 1.82) is 0 Å². The molecule has 1 aliphatic carbocycles. The third kappa shape index (κ3) is 4.07. The number of alkyl carbamates (subject to hydrolysis) is 1. The van der Waals surface area contributed by atoms with Gasteiger partial charge in [0.25, 0.3) is 0 Å². The van der Waals surface area contributed by atoms with Gasteiger partial charge in [0.2, 0.25) is 0 Å². The van der Waals surface area contributed by atoms with Crippen LogP contribution in [0.25, 0.3) is 28.2 Å². The maximum Gasteiger partial charge on any atom is 0.408 e. The number of ether oxygens (including phenoxy) is 1. The lowest BCUT2D eigenvalue weighted by atomic mass is 9.71. The molecule has 0 radical (unpaired) electrons. The third-order valence-electron chi connectivity index (χ3n) is 6.55. The van der Waals surface area contributed by atoms with Gasteiger partial charge in [-0.2, -0.15) is 0 Å². The van der Waals surface area contributed by atoms with Crippen LogP contribution in [-0.2, 0) is 10.3 Å². The van der Waals surface area contributed by atoms with E-state index in [1.165, 1.54) is 0 Å². The van der Waals surface area contributed by atoms with Gasteiger partial charge in [-0.3, -0.25) is 4.40 Å². The van der Waals surface area contributed by atoms with Gasteiger partial charge < -0.3 is 10.1 Å². The summed E-state index contributed by atoms with van der Waals surface area (Å²) in [6.45, 7) is 7.74. The Morgan fingerprint density at radius 3 is 2.29 bits per heavy atom. The van der Waals surface area contributed by atoms with E-state index >= 15 is 0 Å². The SMILES string of the molecule is Cc1cccn2c(-c3ccccc3)c(-c3ccc(C4(NC(=O)OC(C)(C)C)CCC4)cc3)nc12. The minimum Gasteiger partial charge on any atom is -0.444 e. The van der Waals surface area contributed by atoms with E-state index < -0.39 is 5.60 Å². The highest BCUT2D eigenvalue weighted by Crippen LogP contribution is 2.42. The molecular weight excluding hydrogens is 422 g/mol. The molecule has 1 N–H and O–H groups in total. The molecule has 0 unspecified atom stereocenters. The number of benzene rings is 2. The van der Waals surface area contributed by atoms with Crippen LogP contribution in [0.2, 0.25) is 0 Å². The van der Waals surface area contributed by atoms with E-state index in [1.54, 1.807) is 0 Å². The number of fused-ring (bicyclic) bond motifs is 1. The van der Waals surface area contributed by atoms with Crippen molar-refractivity contribution >= 4 is 11.7 Å². The van der Waals surface area contributed by atoms with Crippen LogP contribution in [0, 0.1) is 6.92 Å². The monoisotopic (exact) mass is 453 g/mol. The topological polar surface area (TPSA) is 55.6 Å². The second-order valence-corrected chi connectivity index (χ2v) is 10.2. The van der Waals surface area contributed by atoms with E-state index in [2.05, 4.69) is 83.5 Å². The van der Waals surface area contributed by atoms with Crippen LogP contribution >= 0.6 is 0 Å². The Morgan fingerprint density at radius 1 is 0.971 bits per heavy atom. The quantitative estimate of drug-likeness (QED) is 0.366. The number of nitrogens with one attached hydrogen (secondary N) is 1. The molecule has 1 aliphatic rings. The average molecular weight is 454 g/mol. The van der Waals surface area contributed by atoms with Crippen LogP contribution in [0.4, 0.5) is 4.79 Å². The van der Waals surface area contributed by atoms with Crippen molar-refractivity contribution in [3.8, 4) is 22.5 Å². The van der Waals surface area contributed by atoms with Crippen molar-refractivity contribution in [3.05, 3.63) is 84.1 Å². The number of rotatable bonds is 4. The summed E-state index contributed by atoms with van der Waals surface area (Å²) in [5.41, 5.74) is 6.54. The molecule has 4 aromatic rings. The molecule has 0 aliphatic heterocycles. The normalized spacial score (nSPS) is 15.1. The number of pyridine rings is 1. The Morgan fingerprint density at radius 2 is 1.68 bits per heavy atom. The molecule has 1 saturated carbocycles. The van der Waals surface area contributed by atoms with E-state index in [1.807, 2.05) is 26.8 Å². The fourth-order valence-corrected chi connectivity index (χ4v) is 4.74. The van der Waals surface area contributed by atoms with Crippen LogP contribution < -0.4 is 5.32 Å². The third-order valence-corrected chi connectivity index (χ3v) is 6.55. The van der Waals surface area contributed by atoms with Crippen molar-refractivity contribution < 1.29 is 9.53 Å². The number of aromatic nitrogens is 2. The lowest BCUT2D eigenvalue weighted by Gasteiger charge is -2.43. The zero-order valence-electron chi connectivity index (χ0n) is 20.3. The molecule has 5 nitrogen and oxygen atoms in total. The standard InChI is InChI=1S/C29H31N3O2/c1-20-10-8-19-32-25(22-11-6-5-7-12-22)24(30-26(20)32)21-13-15-23(16-14-21)29(17-9-18-29)31-27(33)34-28(2,3)4/h5-8,10-16,19H,9,17-18H2,1-4H3,(H,31,33). The number of carbonyl (C=O) groups is 1. The molecule has 0 bridgehead atoms. The molecule has 174 valence electrons. The molecule has 2 aromatic carbocycles. The summed E-state index contributed by atoms with van der Waals surface area (Å²) in [5, 5.41) is 3.15. The van der Waals surface area contributed by atoms with Crippen molar-refractivity contribution in [1.82, 2.24) is 14.7 Å². The number of aryl methyl sites for hydroxylation is 1. The van der Waals surface area contributed by atoms with Gasteiger partial charge in [-0.05, 0) is 64.2 Å². The van der Waals surface area contributed by atoms with Gasteiger partial charge >= 0.3 is 6.09 Å². The molecule has 0 saturated heterocycles. The molecule has 1 amide bonds. The first-order valence-electron chi connectivity index (χ1n) is 11.9. The highest BCUT2D eigenvalue weighted by atomic mass is 16.6. The predicted molar refractivity (Wildman–Crippen MR) is 136 cm³/mol. The van der Waals surface area contributed by atoms with Crippen LogP contribution in [0.15, 0.2) is 72.9 Å². The van der Waals surface area contributed by atoms with Crippen LogP contribution in [-0.4, -0.2) is 21.1 Å². The molecule has 2 heterocycles. The largest absolute Gasteiger partial charge is 0.444 e. The van der Waals surface area contributed by atoms with Crippen LogP contribution in [0.5, 0.6) is 0 Å². The van der Waals surface area contributed by atoms with Gasteiger partial charge in [0.15, 0.2) is 0 Å². The van der Waals surface area contributed by atoms with E-state index in [4.69, 9.17) is 9.72 Å². The van der Waals surface area contributed by atoms with Gasteiger partial charge in [-0.15, -0.1) is 0 Å². The minimum absolute atomic E-state index is 0.362. The molecule has 5 rings (SSSR count). The lowest BCUT2D eigenvalue weighted by molar-refractivity contribution is 0.0377. The van der Waals surface area contributed by atoms with Crippen molar-refractivity contribution in [2.75, 3.05) is 0 Å². The zero-order chi connectivity index (χ0) is 23.9. The Hall–Kier alpha value is -3.60. The fourth-order valence-electron chi connectivity index (χ4n) is 4.74.